The van der Waals surface area contributed by atoms with Crippen LogP contribution in [0.3, 0.4) is 0 Å². The van der Waals surface area contributed by atoms with Crippen LogP contribution in [-0.4, -0.2) is 22.9 Å². The highest BCUT2D eigenvalue weighted by molar-refractivity contribution is 6.30. The maximum Gasteiger partial charge on any atom is 0.157 e. The number of benzene rings is 1. The van der Waals surface area contributed by atoms with Crippen LogP contribution in [0.1, 0.15) is 24.4 Å². The van der Waals surface area contributed by atoms with Crippen LogP contribution < -0.4 is 10.1 Å². The third kappa shape index (κ3) is 4.37. The molecule has 0 amide bonds. The van der Waals surface area contributed by atoms with Crippen molar-refractivity contribution in [1.82, 2.24) is 15.1 Å². The minimum Gasteiger partial charge on any atom is -0.486 e. The summed E-state index contributed by atoms with van der Waals surface area (Å²) in [6.07, 6.45) is 6.01. The highest BCUT2D eigenvalue weighted by Gasteiger charge is 2.15. The summed E-state index contributed by atoms with van der Waals surface area (Å²) in [4.78, 5) is 0. The standard InChI is InChI=1S/C15H18ClN3O.ClH/c16-13-3-1-2-12(8-13)11-20-15-9-18-19(10-15)14-4-6-17-7-5-14;/h1-3,8-10,14,17H,4-7,11H2;1H. The van der Waals surface area contributed by atoms with Gasteiger partial charge in [0.1, 0.15) is 6.61 Å². The average Bonchev–Trinajstić information content (AvgIpc) is 2.95. The summed E-state index contributed by atoms with van der Waals surface area (Å²) in [5.74, 6) is 0.809. The molecule has 1 aromatic carbocycles. The van der Waals surface area contributed by atoms with E-state index in [0.29, 0.717) is 12.6 Å². The van der Waals surface area contributed by atoms with Crippen molar-refractivity contribution in [1.29, 1.82) is 0 Å². The molecule has 2 heterocycles. The van der Waals surface area contributed by atoms with Gasteiger partial charge in [0, 0.05) is 5.02 Å². The Kier molecular flexibility index (Phi) is 5.91. The van der Waals surface area contributed by atoms with Crippen molar-refractivity contribution in [3.05, 3.63) is 47.2 Å². The molecule has 0 saturated carbocycles. The van der Waals surface area contributed by atoms with Crippen LogP contribution in [0.2, 0.25) is 5.02 Å². The van der Waals surface area contributed by atoms with E-state index in [1.54, 1.807) is 6.20 Å². The van der Waals surface area contributed by atoms with Crippen LogP contribution in [0.25, 0.3) is 0 Å². The van der Waals surface area contributed by atoms with E-state index in [1.165, 1.54) is 0 Å². The Morgan fingerprint density at radius 1 is 1.33 bits per heavy atom. The van der Waals surface area contributed by atoms with Gasteiger partial charge < -0.3 is 10.1 Å². The Hall–Kier alpha value is -1.23. The van der Waals surface area contributed by atoms with Crippen molar-refractivity contribution in [2.24, 2.45) is 0 Å². The van der Waals surface area contributed by atoms with Crippen LogP contribution >= 0.6 is 24.0 Å². The molecule has 0 spiro atoms. The summed E-state index contributed by atoms with van der Waals surface area (Å²) in [6, 6.07) is 8.20. The van der Waals surface area contributed by atoms with E-state index in [0.717, 1.165) is 42.3 Å². The average molecular weight is 328 g/mol. The summed E-state index contributed by atoms with van der Waals surface area (Å²) in [6.45, 7) is 2.63. The Balaban J connectivity index is 0.00000161. The number of hydrogen-bond acceptors (Lipinski definition) is 3. The number of halogens is 2. The number of rotatable bonds is 4. The smallest absolute Gasteiger partial charge is 0.157 e. The molecule has 114 valence electrons. The molecule has 1 saturated heterocycles. The fourth-order valence-electron chi connectivity index (χ4n) is 2.46. The SMILES string of the molecule is Cl.Clc1cccc(COc2cnn(C3CCNCC3)c2)c1. The Morgan fingerprint density at radius 2 is 2.14 bits per heavy atom. The topological polar surface area (TPSA) is 39.1 Å². The monoisotopic (exact) mass is 327 g/mol. The summed E-state index contributed by atoms with van der Waals surface area (Å²) < 4.78 is 7.78. The maximum absolute atomic E-state index is 5.95. The third-order valence-electron chi connectivity index (χ3n) is 3.56. The molecule has 0 aliphatic carbocycles. The van der Waals surface area contributed by atoms with E-state index in [1.807, 2.05) is 35.1 Å². The zero-order valence-electron chi connectivity index (χ0n) is 11.7. The first-order chi connectivity index (χ1) is 9.81. The van der Waals surface area contributed by atoms with E-state index in [2.05, 4.69) is 10.4 Å². The molecule has 4 nitrogen and oxygen atoms in total. The Labute approximate surface area is 135 Å². The van der Waals surface area contributed by atoms with Crippen molar-refractivity contribution < 1.29 is 4.74 Å². The molecule has 0 bridgehead atoms. The molecule has 6 heteroatoms. The normalized spacial score (nSPS) is 15.5. The number of nitrogens with zero attached hydrogens (tertiary/aromatic N) is 2. The number of aromatic nitrogens is 2. The molecule has 21 heavy (non-hydrogen) atoms. The number of hydrogen-bond donors (Lipinski definition) is 1. The Bertz CT molecular complexity index is 568. The zero-order chi connectivity index (χ0) is 13.8. The van der Waals surface area contributed by atoms with Gasteiger partial charge in [-0.3, -0.25) is 4.68 Å². The lowest BCUT2D eigenvalue weighted by molar-refractivity contribution is 0.302. The molecule has 0 atom stereocenters. The number of piperidine rings is 1. The molecule has 0 radical (unpaired) electrons. The first-order valence-electron chi connectivity index (χ1n) is 6.93. The Morgan fingerprint density at radius 3 is 2.90 bits per heavy atom. The second-order valence-corrected chi connectivity index (χ2v) is 5.49. The van der Waals surface area contributed by atoms with Gasteiger partial charge in [0.15, 0.2) is 5.75 Å². The molecule has 1 fully saturated rings. The van der Waals surface area contributed by atoms with E-state index in [-0.39, 0.29) is 12.4 Å². The van der Waals surface area contributed by atoms with Crippen molar-refractivity contribution in [2.75, 3.05) is 13.1 Å². The molecular formula is C15H19Cl2N3O. The molecule has 0 unspecified atom stereocenters. The highest BCUT2D eigenvalue weighted by atomic mass is 35.5. The predicted molar refractivity (Wildman–Crippen MR) is 86.4 cm³/mol. The molecule has 2 aromatic rings. The van der Waals surface area contributed by atoms with Gasteiger partial charge in [0.05, 0.1) is 18.4 Å². The second-order valence-electron chi connectivity index (χ2n) is 5.06. The van der Waals surface area contributed by atoms with Gasteiger partial charge in [0.25, 0.3) is 0 Å². The lowest BCUT2D eigenvalue weighted by Gasteiger charge is -2.22. The fraction of sp³-hybridized carbons (Fsp3) is 0.400. The van der Waals surface area contributed by atoms with Crippen molar-refractivity contribution >= 4 is 24.0 Å². The van der Waals surface area contributed by atoms with Crippen molar-refractivity contribution in [3.63, 3.8) is 0 Å². The minimum absolute atomic E-state index is 0. The molecular weight excluding hydrogens is 309 g/mol. The lowest BCUT2D eigenvalue weighted by Crippen LogP contribution is -2.29. The molecule has 3 rings (SSSR count). The van der Waals surface area contributed by atoms with E-state index < -0.39 is 0 Å². The van der Waals surface area contributed by atoms with Crippen LogP contribution in [0, 0.1) is 0 Å². The minimum atomic E-state index is 0. The first kappa shape index (κ1) is 16.1. The molecule has 1 aliphatic heterocycles. The zero-order valence-corrected chi connectivity index (χ0v) is 13.2. The van der Waals surface area contributed by atoms with Crippen LogP contribution in [-0.2, 0) is 6.61 Å². The van der Waals surface area contributed by atoms with Crippen molar-refractivity contribution in [3.8, 4) is 5.75 Å². The largest absolute Gasteiger partial charge is 0.486 e. The quantitative estimate of drug-likeness (QED) is 0.934. The summed E-state index contributed by atoms with van der Waals surface area (Å²) in [7, 11) is 0. The summed E-state index contributed by atoms with van der Waals surface area (Å²) in [5.41, 5.74) is 1.06. The van der Waals surface area contributed by atoms with E-state index in [4.69, 9.17) is 16.3 Å². The number of nitrogens with one attached hydrogen (secondary N) is 1. The van der Waals surface area contributed by atoms with Crippen LogP contribution in [0.5, 0.6) is 5.75 Å². The van der Waals surface area contributed by atoms with Crippen LogP contribution in [0.15, 0.2) is 36.7 Å². The highest BCUT2D eigenvalue weighted by Crippen LogP contribution is 2.21. The van der Waals surface area contributed by atoms with Crippen molar-refractivity contribution in [2.45, 2.75) is 25.5 Å². The van der Waals surface area contributed by atoms with E-state index >= 15 is 0 Å². The molecule has 1 aliphatic rings. The van der Waals surface area contributed by atoms with E-state index in [9.17, 15) is 0 Å². The van der Waals surface area contributed by atoms with Gasteiger partial charge in [-0.2, -0.15) is 5.10 Å². The first-order valence-corrected chi connectivity index (χ1v) is 7.31. The predicted octanol–water partition coefficient (Wildman–Crippen LogP) is 3.46. The molecule has 1 N–H and O–H groups in total. The summed E-state index contributed by atoms with van der Waals surface area (Å²) >= 11 is 5.95. The lowest BCUT2D eigenvalue weighted by atomic mass is 10.1. The second kappa shape index (κ2) is 7.69. The molecule has 1 aromatic heterocycles. The van der Waals surface area contributed by atoms with Crippen LogP contribution in [0.4, 0.5) is 0 Å². The van der Waals surface area contributed by atoms with Gasteiger partial charge >= 0.3 is 0 Å². The van der Waals surface area contributed by atoms with Gasteiger partial charge in [0.2, 0.25) is 0 Å². The van der Waals surface area contributed by atoms with Gasteiger partial charge in [-0.25, -0.2) is 0 Å². The maximum atomic E-state index is 5.95. The summed E-state index contributed by atoms with van der Waals surface area (Å²) in [5, 5.41) is 8.50. The third-order valence-corrected chi connectivity index (χ3v) is 3.79. The van der Waals surface area contributed by atoms with Gasteiger partial charge in [-0.15, -0.1) is 12.4 Å². The van der Waals surface area contributed by atoms with Gasteiger partial charge in [-0.1, -0.05) is 23.7 Å². The van der Waals surface area contributed by atoms with Gasteiger partial charge in [-0.05, 0) is 43.6 Å². The fourth-order valence-corrected chi connectivity index (χ4v) is 2.67. The number of ether oxygens (including phenoxy) is 1.